The molecule has 0 fully saturated rings. The molecule has 0 saturated heterocycles. The Balaban J connectivity index is 1.47. The van der Waals surface area contributed by atoms with E-state index in [-0.39, 0.29) is 23.0 Å². The lowest BCUT2D eigenvalue weighted by Gasteiger charge is -2.11. The maximum absolute atomic E-state index is 12.3. The number of aryl methyl sites for hydroxylation is 4. The minimum atomic E-state index is -3.77. The second kappa shape index (κ2) is 11.8. The molecule has 34 heavy (non-hydrogen) atoms. The quantitative estimate of drug-likeness (QED) is 0.256. The Hall–Kier alpha value is -2.52. The number of hydrogen-bond donors (Lipinski definition) is 0. The van der Waals surface area contributed by atoms with Gasteiger partial charge in [0.2, 0.25) is 0 Å². The van der Waals surface area contributed by atoms with Gasteiger partial charge in [-0.25, -0.2) is 0 Å². The molecule has 3 aromatic carbocycles. The third-order valence-corrected chi connectivity index (χ3v) is 8.05. The molecule has 3 aromatic rings. The maximum Gasteiger partial charge on any atom is 0.296 e. The summed E-state index contributed by atoms with van der Waals surface area (Å²) >= 11 is 0. The number of hydrogen-bond acceptors (Lipinski definition) is 6. The van der Waals surface area contributed by atoms with Crippen LogP contribution in [0, 0.1) is 13.8 Å². The van der Waals surface area contributed by atoms with Gasteiger partial charge in [-0.1, -0.05) is 59.7 Å². The molecule has 0 radical (unpaired) electrons. The highest BCUT2D eigenvalue weighted by molar-refractivity contribution is 7.87. The lowest BCUT2D eigenvalue weighted by Crippen LogP contribution is -2.09. The fraction of sp³-hybridized carbons (Fsp3) is 0.308. The summed E-state index contributed by atoms with van der Waals surface area (Å²) in [7, 11) is -7.54. The predicted molar refractivity (Wildman–Crippen MR) is 132 cm³/mol. The highest BCUT2D eigenvalue weighted by atomic mass is 32.2. The van der Waals surface area contributed by atoms with E-state index >= 15 is 0 Å². The van der Waals surface area contributed by atoms with Crippen LogP contribution in [0.4, 0.5) is 0 Å². The molecule has 0 atom stereocenters. The highest BCUT2D eigenvalue weighted by Crippen LogP contribution is 2.18. The van der Waals surface area contributed by atoms with Gasteiger partial charge in [0.25, 0.3) is 20.2 Å². The van der Waals surface area contributed by atoms with Crippen molar-refractivity contribution >= 4 is 20.2 Å². The van der Waals surface area contributed by atoms with E-state index in [1.165, 1.54) is 0 Å². The second-order valence-electron chi connectivity index (χ2n) is 8.15. The molecule has 0 aliphatic heterocycles. The average Bonchev–Trinajstić information content (AvgIpc) is 2.81. The summed E-state index contributed by atoms with van der Waals surface area (Å²) in [5.41, 5.74) is 4.13. The third-order valence-electron chi connectivity index (χ3n) is 5.40. The Bertz CT molecular complexity index is 1180. The van der Waals surface area contributed by atoms with Gasteiger partial charge in [-0.15, -0.1) is 0 Å². The summed E-state index contributed by atoms with van der Waals surface area (Å²) in [6.07, 6.45) is 2.39. The van der Waals surface area contributed by atoms with Gasteiger partial charge in [0.15, 0.2) is 0 Å². The molecule has 8 heteroatoms. The fourth-order valence-corrected chi connectivity index (χ4v) is 5.34. The summed E-state index contributed by atoms with van der Waals surface area (Å²) in [5, 5.41) is 0. The molecule has 0 saturated carbocycles. The van der Waals surface area contributed by atoms with E-state index in [0.29, 0.717) is 25.7 Å². The highest BCUT2D eigenvalue weighted by Gasteiger charge is 2.16. The predicted octanol–water partition coefficient (Wildman–Crippen LogP) is 4.98. The molecule has 3 rings (SSSR count). The lowest BCUT2D eigenvalue weighted by molar-refractivity contribution is 0.309. The van der Waals surface area contributed by atoms with E-state index in [2.05, 4.69) is 0 Å². The van der Waals surface area contributed by atoms with Crippen molar-refractivity contribution in [3.8, 4) is 0 Å². The van der Waals surface area contributed by atoms with Crippen molar-refractivity contribution in [1.82, 2.24) is 0 Å². The van der Waals surface area contributed by atoms with E-state index in [0.717, 1.165) is 22.3 Å². The molecule has 0 unspecified atom stereocenters. The first kappa shape index (κ1) is 26.1. The first-order chi connectivity index (χ1) is 16.2. The van der Waals surface area contributed by atoms with Crippen LogP contribution in [-0.4, -0.2) is 30.0 Å². The first-order valence-electron chi connectivity index (χ1n) is 11.2. The van der Waals surface area contributed by atoms with Gasteiger partial charge in [0.1, 0.15) is 0 Å². The van der Waals surface area contributed by atoms with Gasteiger partial charge in [0.05, 0.1) is 23.0 Å². The van der Waals surface area contributed by atoms with Crippen LogP contribution in [0.15, 0.2) is 82.6 Å². The normalized spacial score (nSPS) is 12.1. The third kappa shape index (κ3) is 7.50. The van der Waals surface area contributed by atoms with Crippen molar-refractivity contribution < 1.29 is 25.2 Å². The van der Waals surface area contributed by atoms with Gasteiger partial charge < -0.3 is 0 Å². The summed E-state index contributed by atoms with van der Waals surface area (Å²) in [4.78, 5) is 0.304. The Morgan fingerprint density at radius 3 is 1.26 bits per heavy atom. The van der Waals surface area contributed by atoms with Crippen LogP contribution in [0.1, 0.15) is 35.1 Å². The zero-order chi connectivity index (χ0) is 24.6. The average molecular weight is 503 g/mol. The minimum absolute atomic E-state index is 0.0858. The van der Waals surface area contributed by atoms with Crippen molar-refractivity contribution in [3.05, 3.63) is 95.1 Å². The Kier molecular flexibility index (Phi) is 9.02. The SMILES string of the molecule is Cc1ccc(S(=O)(=O)OCCCc2ccccc2CCCOS(=O)(=O)c2ccc(C)cc2)cc1. The van der Waals surface area contributed by atoms with Gasteiger partial charge in [-0.2, -0.15) is 16.8 Å². The van der Waals surface area contributed by atoms with Crippen molar-refractivity contribution in [3.63, 3.8) is 0 Å². The second-order valence-corrected chi connectivity index (χ2v) is 11.4. The molecule has 6 nitrogen and oxygen atoms in total. The van der Waals surface area contributed by atoms with Crippen molar-refractivity contribution in [2.24, 2.45) is 0 Å². The molecule has 182 valence electrons. The van der Waals surface area contributed by atoms with Crippen LogP contribution in [0.5, 0.6) is 0 Å². The Labute approximate surface area is 202 Å². The minimum Gasteiger partial charge on any atom is -0.266 e. The molecule has 0 aliphatic carbocycles. The molecule has 0 spiro atoms. The van der Waals surface area contributed by atoms with E-state index in [9.17, 15) is 16.8 Å². The summed E-state index contributed by atoms with van der Waals surface area (Å²) < 4.78 is 59.6. The summed E-state index contributed by atoms with van der Waals surface area (Å²) in [6.45, 7) is 3.96. The van der Waals surface area contributed by atoms with E-state index < -0.39 is 20.2 Å². The standard InChI is InChI=1S/C26H30O6S2/c1-21-11-15-25(16-12-21)33(27,28)31-19-5-9-23-7-3-4-8-24(23)10-6-20-32-34(29,30)26-17-13-22(2)14-18-26/h3-4,7-8,11-18H,5-6,9-10,19-20H2,1-2H3. The maximum atomic E-state index is 12.3. The van der Waals surface area contributed by atoms with E-state index in [1.54, 1.807) is 48.5 Å². The van der Waals surface area contributed by atoms with Crippen LogP contribution in [-0.2, 0) is 41.4 Å². The first-order valence-corrected chi connectivity index (χ1v) is 14.0. The smallest absolute Gasteiger partial charge is 0.266 e. The van der Waals surface area contributed by atoms with Gasteiger partial charge >= 0.3 is 0 Å². The van der Waals surface area contributed by atoms with Crippen LogP contribution < -0.4 is 0 Å². The van der Waals surface area contributed by atoms with Gasteiger partial charge in [-0.05, 0) is 74.9 Å². The van der Waals surface area contributed by atoms with Crippen molar-refractivity contribution in [1.29, 1.82) is 0 Å². The molecule has 0 aliphatic rings. The van der Waals surface area contributed by atoms with E-state index in [4.69, 9.17) is 8.37 Å². The molecule has 0 aromatic heterocycles. The van der Waals surface area contributed by atoms with E-state index in [1.807, 2.05) is 38.1 Å². The van der Waals surface area contributed by atoms with Gasteiger partial charge in [-0.3, -0.25) is 8.37 Å². The molecule has 0 amide bonds. The summed E-state index contributed by atoms with van der Waals surface area (Å²) in [6, 6.07) is 21.0. The van der Waals surface area contributed by atoms with Crippen molar-refractivity contribution in [2.45, 2.75) is 49.3 Å². The Morgan fingerprint density at radius 2 is 0.912 bits per heavy atom. The number of rotatable bonds is 12. The molecule has 0 heterocycles. The molecular formula is C26H30O6S2. The van der Waals surface area contributed by atoms with Crippen LogP contribution in [0.2, 0.25) is 0 Å². The zero-order valence-electron chi connectivity index (χ0n) is 19.4. The Morgan fingerprint density at radius 1 is 0.559 bits per heavy atom. The lowest BCUT2D eigenvalue weighted by atomic mass is 9.99. The number of benzene rings is 3. The van der Waals surface area contributed by atoms with Crippen LogP contribution >= 0.6 is 0 Å². The van der Waals surface area contributed by atoms with Crippen molar-refractivity contribution in [2.75, 3.05) is 13.2 Å². The summed E-state index contributed by atoms with van der Waals surface area (Å²) in [5.74, 6) is 0. The monoisotopic (exact) mass is 502 g/mol. The molecular weight excluding hydrogens is 472 g/mol. The largest absolute Gasteiger partial charge is 0.296 e. The topological polar surface area (TPSA) is 86.7 Å². The molecule has 0 bridgehead atoms. The zero-order valence-corrected chi connectivity index (χ0v) is 21.1. The molecule has 0 N–H and O–H groups in total. The fourth-order valence-electron chi connectivity index (χ4n) is 3.45. The van der Waals surface area contributed by atoms with Crippen LogP contribution in [0.25, 0.3) is 0 Å². The van der Waals surface area contributed by atoms with Gasteiger partial charge in [0, 0.05) is 0 Å². The van der Waals surface area contributed by atoms with Crippen LogP contribution in [0.3, 0.4) is 0 Å².